The van der Waals surface area contributed by atoms with Gasteiger partial charge in [0, 0.05) is 55.6 Å². The Balaban J connectivity index is 1.12. The van der Waals surface area contributed by atoms with Gasteiger partial charge in [-0.25, -0.2) is 0 Å². The Bertz CT molecular complexity index is 6020. The summed E-state index contributed by atoms with van der Waals surface area (Å²) >= 11 is 0. The number of hydrogen-bond acceptors (Lipinski definition) is 3. The highest BCUT2D eigenvalue weighted by atomic mass is 16.3. The van der Waals surface area contributed by atoms with Crippen LogP contribution < -0.4 is 26.2 Å². The molecule has 15 aromatic rings. The van der Waals surface area contributed by atoms with Crippen molar-refractivity contribution in [1.29, 1.82) is 0 Å². The van der Waals surface area contributed by atoms with Crippen molar-refractivity contribution < 1.29 is 11.3 Å². The monoisotopic (exact) mass is 1340 g/mol. The third-order valence-corrected chi connectivity index (χ3v) is 21.8. The second-order valence-electron chi connectivity index (χ2n) is 33.8. The van der Waals surface area contributed by atoms with Crippen molar-refractivity contribution >= 4 is 101 Å². The highest BCUT2D eigenvalue weighted by Gasteiger charge is 2.46. The van der Waals surface area contributed by atoms with E-state index < -0.39 is 12.8 Å². The normalized spacial score (nSPS) is 14.0. The van der Waals surface area contributed by atoms with Crippen molar-refractivity contribution in [2.24, 2.45) is 0 Å². The second-order valence-corrected chi connectivity index (χ2v) is 33.8. The fourth-order valence-corrected chi connectivity index (χ4v) is 16.1. The molecule has 0 aliphatic carbocycles. The van der Waals surface area contributed by atoms with Gasteiger partial charge in [0.1, 0.15) is 11.2 Å². The third kappa shape index (κ3) is 11.1. The first-order chi connectivity index (χ1) is 51.3. The zero-order valence-corrected chi connectivity index (χ0v) is 61.9. The number of furan rings is 1. The van der Waals surface area contributed by atoms with E-state index in [4.69, 9.17) is 5.79 Å². The first-order valence-corrected chi connectivity index (χ1v) is 36.5. The van der Waals surface area contributed by atoms with E-state index in [0.717, 1.165) is 150 Å². The van der Waals surface area contributed by atoms with E-state index in [1.54, 1.807) is 0 Å². The van der Waals surface area contributed by atoms with Crippen molar-refractivity contribution in [3.63, 3.8) is 0 Å². The molecular formula is C98H90BN3O. The highest BCUT2D eigenvalue weighted by molar-refractivity contribution is 7.00. The van der Waals surface area contributed by atoms with Gasteiger partial charge in [0.2, 0.25) is 0 Å². The van der Waals surface area contributed by atoms with Crippen molar-refractivity contribution in [2.75, 3.05) is 9.80 Å². The topological polar surface area (TPSA) is 24.6 Å². The van der Waals surface area contributed by atoms with Crippen LogP contribution in [-0.2, 0) is 27.1 Å². The zero-order chi connectivity index (χ0) is 75.7. The molecule has 4 nitrogen and oxygen atoms in total. The van der Waals surface area contributed by atoms with Crippen LogP contribution in [-0.4, -0.2) is 11.3 Å². The molecule has 0 radical (unpaired) electrons. The molecule has 0 saturated heterocycles. The van der Waals surface area contributed by atoms with Crippen molar-refractivity contribution in [2.45, 2.75) is 131 Å². The Labute approximate surface area is 616 Å². The number of hydrogen-bond donors (Lipinski definition) is 0. The van der Waals surface area contributed by atoms with Crippen LogP contribution in [0.1, 0.15) is 139 Å². The van der Waals surface area contributed by atoms with E-state index in [-0.39, 0.29) is 56.8 Å². The van der Waals surface area contributed by atoms with Gasteiger partial charge >= 0.3 is 0 Å². The molecule has 2 aliphatic heterocycles. The standard InChI is InChI=1S/C98H90BN3O/c1-94(2,3)68-42-47-82-78(55-68)79-56-69(95(4,5)6)43-48-83(79)100(82)73-59-86-91-87(60-73)102(93-74(62-32-22-17-23-33-62)44-49-89-90(93)75-38-28-29-39-88(75)103-89)85-53-66(67-50-70(96(7,8)9)54-71(51-67)97(10,11)12)41-46-81(85)99(91)80-45-40-65(61-30-20-16-21-31-61)52-84(80)101(86)92-76(63-34-24-18-25-35-63)57-72(98(13,14)15)58-77(92)64-36-26-19-27-37-64/h16-60H,1-15H3/i16D,20D,21D,30D,31D. The molecule has 0 unspecified atom stereocenters. The quantitative estimate of drug-likeness (QED) is 0.142. The Hall–Kier alpha value is -10.9. The molecule has 0 spiro atoms. The third-order valence-electron chi connectivity index (χ3n) is 21.8. The lowest BCUT2D eigenvalue weighted by Crippen LogP contribution is -2.61. The summed E-state index contributed by atoms with van der Waals surface area (Å²) in [7, 11) is 0. The maximum absolute atomic E-state index is 9.73. The lowest BCUT2D eigenvalue weighted by atomic mass is 9.33. The fraction of sp³-hybridized carbons (Fsp3) is 0.204. The van der Waals surface area contributed by atoms with Crippen molar-refractivity contribution in [3.8, 4) is 61.3 Å². The fourth-order valence-electron chi connectivity index (χ4n) is 16.1. The summed E-state index contributed by atoms with van der Waals surface area (Å²) in [5.74, 6) is 0. The first kappa shape index (κ1) is 59.8. The SMILES string of the molecule is [2H]c1c([2H])c([2H])c(-c2ccc3c(c2)N(c2c(-c4ccccc4)cc(C(C)(C)C)cc2-c2ccccc2)c2cc(-n4c5ccc(C(C)(C)C)cc5c5cc(C(C)(C)C)ccc54)cc4c2B3c2ccc(-c3cc(C(C)(C)C)cc(C(C)(C)C)c3)cc2N4c2c(-c3ccccc3)ccc3oc4ccccc4c23)c([2H])c1[2H]. The minimum absolute atomic E-state index is 0.133. The molecule has 17 rings (SSSR count). The molecule has 2 aliphatic rings. The number of fused-ring (bicyclic) bond motifs is 10. The van der Waals surface area contributed by atoms with E-state index in [0.29, 0.717) is 5.56 Å². The molecule has 4 heterocycles. The molecule has 0 atom stereocenters. The largest absolute Gasteiger partial charge is 0.456 e. The van der Waals surface area contributed by atoms with Gasteiger partial charge in [0.05, 0.1) is 40.3 Å². The van der Waals surface area contributed by atoms with E-state index >= 15 is 0 Å². The van der Waals surface area contributed by atoms with E-state index in [1.165, 1.54) is 22.3 Å². The average molecular weight is 1340 g/mol. The second kappa shape index (κ2) is 23.9. The minimum Gasteiger partial charge on any atom is -0.456 e. The van der Waals surface area contributed by atoms with Gasteiger partial charge in [0.25, 0.3) is 6.71 Å². The van der Waals surface area contributed by atoms with Crippen LogP contribution in [0.5, 0.6) is 0 Å². The molecule has 0 saturated carbocycles. The lowest BCUT2D eigenvalue weighted by Gasteiger charge is -2.46. The number of anilines is 6. The summed E-state index contributed by atoms with van der Waals surface area (Å²) in [4.78, 5) is 5.11. The van der Waals surface area contributed by atoms with Gasteiger partial charge in [-0.2, -0.15) is 0 Å². The molecular weight excluding hydrogens is 1250 g/mol. The van der Waals surface area contributed by atoms with Crippen LogP contribution in [0, 0.1) is 0 Å². The molecule has 0 bridgehead atoms. The molecule has 13 aromatic carbocycles. The van der Waals surface area contributed by atoms with Gasteiger partial charge in [-0.3, -0.25) is 0 Å². The first-order valence-electron chi connectivity index (χ1n) is 39.0. The number of para-hydroxylation sites is 1. The van der Waals surface area contributed by atoms with Crippen LogP contribution >= 0.6 is 0 Å². The van der Waals surface area contributed by atoms with Gasteiger partial charge < -0.3 is 18.8 Å². The molecule has 0 fully saturated rings. The van der Waals surface area contributed by atoms with E-state index in [2.05, 4.69) is 355 Å². The summed E-state index contributed by atoms with van der Waals surface area (Å²) in [6, 6.07) is 88.1. The zero-order valence-electron chi connectivity index (χ0n) is 66.9. The summed E-state index contributed by atoms with van der Waals surface area (Å²) in [5, 5.41) is 4.30. The predicted molar refractivity (Wildman–Crippen MR) is 443 cm³/mol. The Morgan fingerprint density at radius 3 is 1.25 bits per heavy atom. The Morgan fingerprint density at radius 2 is 0.757 bits per heavy atom. The molecule has 2 aromatic heterocycles. The van der Waals surface area contributed by atoms with Crippen LogP contribution in [0.15, 0.2) is 277 Å². The number of nitrogens with zero attached hydrogens (tertiary/aromatic N) is 3. The molecule has 0 N–H and O–H groups in total. The van der Waals surface area contributed by atoms with Crippen LogP contribution in [0.3, 0.4) is 0 Å². The summed E-state index contributed by atoms with van der Waals surface area (Å²) < 4.78 is 56.4. The van der Waals surface area contributed by atoms with E-state index in [9.17, 15) is 5.48 Å². The molecule has 5 heteroatoms. The minimum atomic E-state index is -0.466. The lowest BCUT2D eigenvalue weighted by molar-refractivity contribution is 0.569. The molecule has 506 valence electrons. The van der Waals surface area contributed by atoms with Crippen molar-refractivity contribution in [1.82, 2.24) is 4.57 Å². The number of benzene rings is 13. The number of aromatic nitrogens is 1. The smallest absolute Gasteiger partial charge is 0.252 e. The molecule has 103 heavy (non-hydrogen) atoms. The van der Waals surface area contributed by atoms with Gasteiger partial charge in [0.15, 0.2) is 0 Å². The summed E-state index contributed by atoms with van der Waals surface area (Å²) in [6.45, 7) is 34.0. The maximum atomic E-state index is 9.73. The Kier molecular flexibility index (Phi) is 13.8. The summed E-state index contributed by atoms with van der Waals surface area (Å²) in [5.41, 5.74) is 27.5. The van der Waals surface area contributed by atoms with Crippen LogP contribution in [0.2, 0.25) is 0 Å². The van der Waals surface area contributed by atoms with Crippen LogP contribution in [0.4, 0.5) is 34.1 Å². The number of rotatable bonds is 8. The van der Waals surface area contributed by atoms with Gasteiger partial charge in [-0.15, -0.1) is 0 Å². The summed E-state index contributed by atoms with van der Waals surface area (Å²) in [6.07, 6.45) is 0. The van der Waals surface area contributed by atoms with E-state index in [1.807, 2.05) is 6.07 Å². The van der Waals surface area contributed by atoms with Gasteiger partial charge in [-0.1, -0.05) is 298 Å². The van der Waals surface area contributed by atoms with Gasteiger partial charge in [-0.05, 0) is 189 Å². The van der Waals surface area contributed by atoms with Crippen LogP contribution in [0.25, 0.3) is 105 Å². The molecule has 0 amide bonds. The van der Waals surface area contributed by atoms with Crippen molar-refractivity contribution in [3.05, 3.63) is 301 Å². The maximum Gasteiger partial charge on any atom is 0.252 e. The highest BCUT2D eigenvalue weighted by Crippen LogP contribution is 2.56. The average Bonchev–Trinajstić information content (AvgIpc) is 0.900. The predicted octanol–water partition coefficient (Wildman–Crippen LogP) is 25.6. The Morgan fingerprint density at radius 1 is 0.311 bits per heavy atom.